The maximum Gasteiger partial charge on any atom is 0.326 e. The van der Waals surface area contributed by atoms with Crippen molar-refractivity contribution in [2.24, 2.45) is 0 Å². The zero-order valence-electron chi connectivity index (χ0n) is 12.3. The summed E-state index contributed by atoms with van der Waals surface area (Å²) in [5.41, 5.74) is 0. The van der Waals surface area contributed by atoms with Crippen LogP contribution in [0.15, 0.2) is 12.7 Å². The summed E-state index contributed by atoms with van der Waals surface area (Å²) < 4.78 is 0. The van der Waals surface area contributed by atoms with Gasteiger partial charge in [-0.25, -0.2) is 4.79 Å². The van der Waals surface area contributed by atoms with Gasteiger partial charge in [-0.2, -0.15) is 0 Å². The molecule has 21 heavy (non-hydrogen) atoms. The van der Waals surface area contributed by atoms with Crippen molar-refractivity contribution in [3.05, 3.63) is 12.7 Å². The molecule has 2 amide bonds. The number of allylic oxidation sites excluding steroid dienone is 1. The van der Waals surface area contributed by atoms with Crippen LogP contribution in [0, 0.1) is 0 Å². The van der Waals surface area contributed by atoms with Crippen molar-refractivity contribution in [3.8, 4) is 0 Å². The quantitative estimate of drug-likeness (QED) is 0.419. The molecule has 1 fully saturated rings. The van der Waals surface area contributed by atoms with Crippen LogP contribution >= 0.6 is 0 Å². The summed E-state index contributed by atoms with van der Waals surface area (Å²) in [5, 5.41) is 14.2. The molecule has 0 radical (unpaired) electrons. The van der Waals surface area contributed by atoms with Gasteiger partial charge in [0, 0.05) is 6.42 Å². The Bertz CT molecular complexity index is 395. The first-order valence-electron chi connectivity index (χ1n) is 7.48. The summed E-state index contributed by atoms with van der Waals surface area (Å²) in [6.45, 7) is 3.65. The first-order valence-corrected chi connectivity index (χ1v) is 7.48. The van der Waals surface area contributed by atoms with Crippen LogP contribution in [0.25, 0.3) is 0 Å². The first-order chi connectivity index (χ1) is 10.0. The fourth-order valence-corrected chi connectivity index (χ4v) is 2.33. The van der Waals surface area contributed by atoms with Crippen LogP contribution in [0.2, 0.25) is 0 Å². The van der Waals surface area contributed by atoms with Crippen molar-refractivity contribution in [1.29, 1.82) is 0 Å². The van der Waals surface area contributed by atoms with Gasteiger partial charge in [0.05, 0.1) is 0 Å². The van der Waals surface area contributed by atoms with Crippen LogP contribution in [-0.2, 0) is 14.4 Å². The van der Waals surface area contributed by atoms with Gasteiger partial charge in [-0.05, 0) is 25.7 Å². The van der Waals surface area contributed by atoms with Crippen LogP contribution < -0.4 is 10.6 Å². The maximum absolute atomic E-state index is 11.9. The molecular weight excluding hydrogens is 272 g/mol. The van der Waals surface area contributed by atoms with E-state index in [1.54, 1.807) is 0 Å². The van der Waals surface area contributed by atoms with Gasteiger partial charge in [-0.1, -0.05) is 25.3 Å². The molecule has 118 valence electrons. The van der Waals surface area contributed by atoms with Gasteiger partial charge in [-0.3, -0.25) is 9.59 Å². The van der Waals surface area contributed by atoms with Gasteiger partial charge in [0.1, 0.15) is 12.1 Å². The number of carboxylic acids is 1. The molecule has 0 aromatic carbocycles. The highest BCUT2D eigenvalue weighted by molar-refractivity contribution is 5.92. The molecule has 6 nitrogen and oxygen atoms in total. The number of hydrogen-bond donors (Lipinski definition) is 3. The first kappa shape index (κ1) is 17.2. The van der Waals surface area contributed by atoms with E-state index in [1.165, 1.54) is 0 Å². The van der Waals surface area contributed by atoms with E-state index in [2.05, 4.69) is 17.2 Å². The van der Waals surface area contributed by atoms with E-state index in [0.29, 0.717) is 19.3 Å². The number of rotatable bonds is 10. The highest BCUT2D eigenvalue weighted by atomic mass is 16.4. The number of carbonyl (C=O) groups is 3. The van der Waals surface area contributed by atoms with E-state index in [4.69, 9.17) is 5.11 Å². The Kier molecular flexibility index (Phi) is 7.50. The van der Waals surface area contributed by atoms with Crippen LogP contribution in [0.5, 0.6) is 0 Å². The second-order valence-electron chi connectivity index (χ2n) is 5.34. The highest BCUT2D eigenvalue weighted by Gasteiger charge is 2.30. The lowest BCUT2D eigenvalue weighted by Crippen LogP contribution is -2.48. The number of nitrogens with one attached hydrogen (secondary N) is 2. The third-order valence-electron chi connectivity index (χ3n) is 3.58. The standard InChI is InChI=1S/C15H24N2O4/c1-2-3-4-5-6-7-8-12(15(20)21)17-14(19)11-9-10-13(18)16-11/h2,11-12H,1,3-10H2,(H,16,18)(H,17,19)(H,20,21)/t11-,12+/m1/s1. The van der Waals surface area contributed by atoms with E-state index in [1.807, 2.05) is 6.08 Å². The monoisotopic (exact) mass is 296 g/mol. The summed E-state index contributed by atoms with van der Waals surface area (Å²) in [7, 11) is 0. The van der Waals surface area contributed by atoms with Gasteiger partial charge in [0.15, 0.2) is 0 Å². The van der Waals surface area contributed by atoms with Gasteiger partial charge >= 0.3 is 5.97 Å². The Balaban J connectivity index is 2.29. The lowest BCUT2D eigenvalue weighted by Gasteiger charge is -2.17. The molecule has 1 saturated heterocycles. The zero-order chi connectivity index (χ0) is 15.7. The van der Waals surface area contributed by atoms with E-state index in [-0.39, 0.29) is 5.91 Å². The molecule has 0 aromatic heterocycles. The zero-order valence-corrected chi connectivity index (χ0v) is 12.3. The molecule has 1 aliphatic rings. The Hall–Kier alpha value is -1.85. The number of unbranched alkanes of at least 4 members (excludes halogenated alkanes) is 4. The Morgan fingerprint density at radius 2 is 2.10 bits per heavy atom. The average molecular weight is 296 g/mol. The Morgan fingerprint density at radius 3 is 2.67 bits per heavy atom. The fraction of sp³-hybridized carbons (Fsp3) is 0.667. The van der Waals surface area contributed by atoms with Crippen molar-refractivity contribution in [3.63, 3.8) is 0 Å². The second kappa shape index (κ2) is 9.15. The van der Waals surface area contributed by atoms with Crippen LogP contribution in [-0.4, -0.2) is 35.0 Å². The normalized spacial score (nSPS) is 18.9. The van der Waals surface area contributed by atoms with Gasteiger partial charge < -0.3 is 15.7 Å². The molecule has 0 aliphatic carbocycles. The van der Waals surface area contributed by atoms with Crippen molar-refractivity contribution in [1.82, 2.24) is 10.6 Å². The molecule has 1 rings (SSSR count). The molecule has 1 heterocycles. The minimum absolute atomic E-state index is 0.163. The molecule has 0 aromatic rings. The van der Waals surface area contributed by atoms with E-state index in [9.17, 15) is 14.4 Å². The number of carbonyl (C=O) groups excluding carboxylic acids is 2. The SMILES string of the molecule is C=CCCCCCC[C@H](NC(=O)[C@H]1CCC(=O)N1)C(=O)O. The summed E-state index contributed by atoms with van der Waals surface area (Å²) in [4.78, 5) is 34.1. The van der Waals surface area contributed by atoms with Crippen molar-refractivity contribution in [2.45, 2.75) is 63.5 Å². The van der Waals surface area contributed by atoms with E-state index < -0.39 is 24.0 Å². The number of carboxylic acid groups (broad SMARTS) is 1. The third kappa shape index (κ3) is 6.42. The largest absolute Gasteiger partial charge is 0.480 e. The van der Waals surface area contributed by atoms with E-state index in [0.717, 1.165) is 32.1 Å². The summed E-state index contributed by atoms with van der Waals surface area (Å²) in [5.74, 6) is -1.59. The summed E-state index contributed by atoms with van der Waals surface area (Å²) >= 11 is 0. The van der Waals surface area contributed by atoms with Crippen LogP contribution in [0.1, 0.15) is 51.4 Å². The van der Waals surface area contributed by atoms with Crippen LogP contribution in [0.4, 0.5) is 0 Å². The number of aliphatic carboxylic acids is 1. The van der Waals surface area contributed by atoms with Gasteiger partial charge in [-0.15, -0.1) is 6.58 Å². The molecule has 0 bridgehead atoms. The highest BCUT2D eigenvalue weighted by Crippen LogP contribution is 2.10. The van der Waals surface area contributed by atoms with Crippen molar-refractivity contribution < 1.29 is 19.5 Å². The van der Waals surface area contributed by atoms with Gasteiger partial charge in [0.25, 0.3) is 0 Å². The molecule has 0 unspecified atom stereocenters. The number of amides is 2. The lowest BCUT2D eigenvalue weighted by atomic mass is 10.1. The summed E-state index contributed by atoms with van der Waals surface area (Å²) in [6, 6.07) is -1.47. The molecule has 2 atom stereocenters. The smallest absolute Gasteiger partial charge is 0.326 e. The predicted octanol–water partition coefficient (Wildman–Crippen LogP) is 1.36. The second-order valence-corrected chi connectivity index (χ2v) is 5.34. The van der Waals surface area contributed by atoms with E-state index >= 15 is 0 Å². The number of hydrogen-bond acceptors (Lipinski definition) is 3. The third-order valence-corrected chi connectivity index (χ3v) is 3.58. The average Bonchev–Trinajstić information content (AvgIpc) is 2.87. The minimum Gasteiger partial charge on any atom is -0.480 e. The molecule has 1 aliphatic heterocycles. The fourth-order valence-electron chi connectivity index (χ4n) is 2.33. The molecule has 6 heteroatoms. The molecule has 3 N–H and O–H groups in total. The van der Waals surface area contributed by atoms with Crippen LogP contribution in [0.3, 0.4) is 0 Å². The Labute approximate surface area is 125 Å². The lowest BCUT2D eigenvalue weighted by molar-refractivity contribution is -0.142. The predicted molar refractivity (Wildman–Crippen MR) is 78.6 cm³/mol. The molecule has 0 spiro atoms. The summed E-state index contributed by atoms with van der Waals surface area (Å²) in [6.07, 6.45) is 7.79. The van der Waals surface area contributed by atoms with Gasteiger partial charge in [0.2, 0.25) is 11.8 Å². The topological polar surface area (TPSA) is 95.5 Å². The molecular formula is C15H24N2O4. The maximum atomic E-state index is 11.9. The minimum atomic E-state index is -1.03. The Morgan fingerprint density at radius 1 is 1.38 bits per heavy atom. The van der Waals surface area contributed by atoms with Crippen molar-refractivity contribution in [2.75, 3.05) is 0 Å². The van der Waals surface area contributed by atoms with Crippen molar-refractivity contribution >= 4 is 17.8 Å². The molecule has 0 saturated carbocycles.